The first-order valence-corrected chi connectivity index (χ1v) is 11.2. The number of carbonyl (C=O) groups is 3. The van der Waals surface area contributed by atoms with Gasteiger partial charge < -0.3 is 20.6 Å². The van der Waals surface area contributed by atoms with E-state index in [0.29, 0.717) is 24.3 Å². The molecule has 3 aromatic rings. The molecule has 7 nitrogen and oxygen atoms in total. The topological polar surface area (TPSA) is 98.7 Å². The highest BCUT2D eigenvalue weighted by Gasteiger charge is 2.20. The number of nitrogens with zero attached hydrogens (tertiary/aromatic N) is 1. The number of hydrogen-bond donors (Lipinski definition) is 3. The monoisotopic (exact) mass is 445 g/mol. The molecule has 7 heteroatoms. The van der Waals surface area contributed by atoms with E-state index in [1.807, 2.05) is 48.5 Å². The first-order valence-electron chi connectivity index (χ1n) is 11.2. The third kappa shape index (κ3) is 5.38. The van der Waals surface area contributed by atoms with Crippen molar-refractivity contribution >= 4 is 39.9 Å². The molecule has 33 heavy (non-hydrogen) atoms. The van der Waals surface area contributed by atoms with Crippen LogP contribution in [0, 0.1) is 0 Å². The maximum absolute atomic E-state index is 12.3. The average molecular weight is 446 g/mol. The molecule has 0 spiro atoms. The third-order valence-corrected chi connectivity index (χ3v) is 5.83. The highest BCUT2D eigenvalue weighted by molar-refractivity contribution is 6.39. The zero-order valence-electron chi connectivity index (χ0n) is 18.3. The molecule has 0 saturated carbocycles. The summed E-state index contributed by atoms with van der Waals surface area (Å²) in [5.74, 6) is -1.51. The zero-order valence-corrected chi connectivity index (χ0v) is 18.3. The molecule has 1 aliphatic heterocycles. The lowest BCUT2D eigenvalue weighted by Crippen LogP contribution is -2.36. The van der Waals surface area contributed by atoms with Gasteiger partial charge in [-0.25, -0.2) is 0 Å². The van der Waals surface area contributed by atoms with Crippen molar-refractivity contribution in [3.05, 3.63) is 72.3 Å². The molecule has 1 atom stereocenters. The Labute approximate surface area is 192 Å². The third-order valence-electron chi connectivity index (χ3n) is 5.83. The van der Waals surface area contributed by atoms with Crippen LogP contribution < -0.4 is 15.5 Å². The number of fused-ring (bicyclic) bond motifs is 1. The van der Waals surface area contributed by atoms with Crippen molar-refractivity contribution in [1.82, 2.24) is 5.32 Å². The van der Waals surface area contributed by atoms with E-state index in [9.17, 15) is 19.5 Å². The minimum Gasteiger partial charge on any atom is -0.388 e. The summed E-state index contributed by atoms with van der Waals surface area (Å²) >= 11 is 0. The van der Waals surface area contributed by atoms with Crippen LogP contribution >= 0.6 is 0 Å². The van der Waals surface area contributed by atoms with Gasteiger partial charge in [-0.15, -0.1) is 0 Å². The van der Waals surface area contributed by atoms with Crippen LogP contribution in [0.5, 0.6) is 0 Å². The standard InChI is InChI=1S/C26H27N3O4/c30-23(22-12-5-8-18-7-1-2-11-21(18)22)14-15-27-25(32)26(33)28-19-9-6-10-20(17-19)29-16-4-3-13-24(29)31/h1-2,5-12,17,23,30H,3-4,13-16H2,(H,27,32)(H,28,33). The highest BCUT2D eigenvalue weighted by Crippen LogP contribution is 2.26. The second-order valence-electron chi connectivity index (χ2n) is 8.14. The molecule has 3 aromatic carbocycles. The molecule has 0 bridgehead atoms. The van der Waals surface area contributed by atoms with Gasteiger partial charge in [-0.05, 0) is 53.8 Å². The summed E-state index contributed by atoms with van der Waals surface area (Å²) in [5, 5.41) is 17.7. The Kier molecular flexibility index (Phi) is 7.00. The number of benzene rings is 3. The molecular formula is C26H27N3O4. The number of aliphatic hydroxyl groups is 1. The Morgan fingerprint density at radius 2 is 1.76 bits per heavy atom. The van der Waals surface area contributed by atoms with Crippen LogP contribution in [0.3, 0.4) is 0 Å². The number of piperidine rings is 1. The molecule has 1 aliphatic rings. The summed E-state index contributed by atoms with van der Waals surface area (Å²) < 4.78 is 0. The Morgan fingerprint density at radius 3 is 2.61 bits per heavy atom. The maximum Gasteiger partial charge on any atom is 0.313 e. The Balaban J connectivity index is 1.31. The normalized spacial score (nSPS) is 14.7. The van der Waals surface area contributed by atoms with Gasteiger partial charge >= 0.3 is 11.8 Å². The van der Waals surface area contributed by atoms with Gasteiger partial charge in [0.05, 0.1) is 6.10 Å². The molecule has 3 N–H and O–H groups in total. The number of anilines is 2. The van der Waals surface area contributed by atoms with Gasteiger partial charge in [-0.2, -0.15) is 0 Å². The van der Waals surface area contributed by atoms with E-state index >= 15 is 0 Å². The van der Waals surface area contributed by atoms with Crippen LogP contribution in [0.25, 0.3) is 10.8 Å². The maximum atomic E-state index is 12.3. The summed E-state index contributed by atoms with van der Waals surface area (Å²) in [6.45, 7) is 0.800. The molecule has 0 aromatic heterocycles. The SMILES string of the molecule is O=C(NCCC(O)c1cccc2ccccc12)C(=O)Nc1cccc(N2CCCCC2=O)c1. The fourth-order valence-corrected chi connectivity index (χ4v) is 4.12. The van der Waals surface area contributed by atoms with Crippen LogP contribution in [0.4, 0.5) is 11.4 Å². The van der Waals surface area contributed by atoms with E-state index in [-0.39, 0.29) is 18.9 Å². The van der Waals surface area contributed by atoms with Crippen LogP contribution in [0.1, 0.15) is 37.4 Å². The Morgan fingerprint density at radius 1 is 0.970 bits per heavy atom. The van der Waals surface area contributed by atoms with Gasteiger partial charge in [0.15, 0.2) is 0 Å². The quantitative estimate of drug-likeness (QED) is 0.506. The van der Waals surface area contributed by atoms with Gasteiger partial charge in [0.2, 0.25) is 5.91 Å². The van der Waals surface area contributed by atoms with Crippen molar-refractivity contribution in [2.24, 2.45) is 0 Å². The van der Waals surface area contributed by atoms with Crippen LogP contribution in [0.15, 0.2) is 66.7 Å². The molecule has 0 aliphatic carbocycles. The molecular weight excluding hydrogens is 418 g/mol. The average Bonchev–Trinajstić information content (AvgIpc) is 2.84. The molecule has 4 rings (SSSR count). The minimum absolute atomic E-state index is 0.0622. The van der Waals surface area contributed by atoms with Crippen LogP contribution in [-0.2, 0) is 14.4 Å². The van der Waals surface area contributed by atoms with Crippen molar-refractivity contribution in [2.75, 3.05) is 23.3 Å². The fourth-order valence-electron chi connectivity index (χ4n) is 4.12. The lowest BCUT2D eigenvalue weighted by atomic mass is 9.99. The van der Waals surface area contributed by atoms with E-state index in [0.717, 1.165) is 29.2 Å². The second kappa shape index (κ2) is 10.3. The number of nitrogens with one attached hydrogen (secondary N) is 2. The molecule has 1 saturated heterocycles. The van der Waals surface area contributed by atoms with Crippen molar-refractivity contribution in [2.45, 2.75) is 31.8 Å². The van der Waals surface area contributed by atoms with Gasteiger partial charge in [0.1, 0.15) is 0 Å². The second-order valence-corrected chi connectivity index (χ2v) is 8.14. The van der Waals surface area contributed by atoms with E-state index < -0.39 is 17.9 Å². The number of carbonyl (C=O) groups excluding carboxylic acids is 3. The summed E-state index contributed by atoms with van der Waals surface area (Å²) in [5.41, 5.74) is 1.94. The predicted octanol–water partition coefficient (Wildman–Crippen LogP) is 3.54. The largest absolute Gasteiger partial charge is 0.388 e. The van der Waals surface area contributed by atoms with Gasteiger partial charge in [0.25, 0.3) is 0 Å². The van der Waals surface area contributed by atoms with Crippen LogP contribution in [0.2, 0.25) is 0 Å². The zero-order chi connectivity index (χ0) is 23.2. The number of rotatable bonds is 6. The number of amides is 3. The van der Waals surface area contributed by atoms with E-state index in [1.165, 1.54) is 0 Å². The van der Waals surface area contributed by atoms with Gasteiger partial charge in [-0.3, -0.25) is 14.4 Å². The molecule has 3 amide bonds. The van der Waals surface area contributed by atoms with E-state index in [4.69, 9.17) is 0 Å². The first kappa shape index (κ1) is 22.5. The lowest BCUT2D eigenvalue weighted by Gasteiger charge is -2.27. The summed E-state index contributed by atoms with van der Waals surface area (Å²) in [7, 11) is 0. The molecule has 1 heterocycles. The molecule has 0 radical (unpaired) electrons. The Bertz CT molecular complexity index is 1170. The predicted molar refractivity (Wildman–Crippen MR) is 128 cm³/mol. The van der Waals surface area contributed by atoms with Gasteiger partial charge in [0, 0.05) is 30.9 Å². The van der Waals surface area contributed by atoms with E-state index in [2.05, 4.69) is 10.6 Å². The van der Waals surface area contributed by atoms with Crippen LogP contribution in [-0.4, -0.2) is 35.9 Å². The first-order chi connectivity index (χ1) is 16.0. The lowest BCUT2D eigenvalue weighted by molar-refractivity contribution is -0.136. The summed E-state index contributed by atoms with van der Waals surface area (Å²) in [4.78, 5) is 38.4. The summed E-state index contributed by atoms with van der Waals surface area (Å²) in [6, 6.07) is 20.4. The molecule has 1 unspecified atom stereocenters. The summed E-state index contributed by atoms with van der Waals surface area (Å²) in [6.07, 6.45) is 1.86. The fraction of sp³-hybridized carbons (Fsp3) is 0.269. The minimum atomic E-state index is -0.795. The number of hydrogen-bond acceptors (Lipinski definition) is 4. The van der Waals surface area contributed by atoms with Crippen molar-refractivity contribution in [3.8, 4) is 0 Å². The smallest absolute Gasteiger partial charge is 0.313 e. The van der Waals surface area contributed by atoms with Gasteiger partial charge in [-0.1, -0.05) is 48.5 Å². The number of aliphatic hydroxyl groups excluding tert-OH is 1. The molecule has 1 fully saturated rings. The van der Waals surface area contributed by atoms with Crippen molar-refractivity contribution < 1.29 is 19.5 Å². The molecule has 170 valence electrons. The van der Waals surface area contributed by atoms with Crippen molar-refractivity contribution in [3.63, 3.8) is 0 Å². The van der Waals surface area contributed by atoms with E-state index in [1.54, 1.807) is 23.1 Å². The highest BCUT2D eigenvalue weighted by atomic mass is 16.3. The Hall–Kier alpha value is -3.71. The van der Waals surface area contributed by atoms with Crippen molar-refractivity contribution in [1.29, 1.82) is 0 Å².